The Morgan fingerprint density at radius 1 is 1.06 bits per heavy atom. The van der Waals surface area contributed by atoms with Crippen molar-refractivity contribution in [1.29, 1.82) is 0 Å². The van der Waals surface area contributed by atoms with Crippen molar-refractivity contribution in [2.75, 3.05) is 13.1 Å². The van der Waals surface area contributed by atoms with Gasteiger partial charge in [-0.1, -0.05) is 30.3 Å². The molecule has 1 fully saturated rings. The van der Waals surface area contributed by atoms with Gasteiger partial charge in [-0.15, -0.1) is 0 Å². The molecule has 0 bridgehead atoms. The third-order valence-electron chi connectivity index (χ3n) is 5.74. The Hall–Kier alpha value is -3.13. The van der Waals surface area contributed by atoms with Crippen molar-refractivity contribution in [2.45, 2.75) is 51.4 Å². The normalized spacial score (nSPS) is 16.9. The quantitative estimate of drug-likeness (QED) is 0.737. The molecule has 1 aliphatic heterocycles. The number of ether oxygens (including phenoxy) is 1. The monoisotopic (exact) mass is 442 g/mol. The second-order valence-electron chi connectivity index (χ2n) is 9.22. The predicted molar refractivity (Wildman–Crippen MR) is 119 cm³/mol. The van der Waals surface area contributed by atoms with E-state index in [9.17, 15) is 24.6 Å². The third-order valence-corrected chi connectivity index (χ3v) is 5.74. The summed E-state index contributed by atoms with van der Waals surface area (Å²) in [5, 5.41) is 21.2. The Bertz CT molecular complexity index is 1020. The third kappa shape index (κ3) is 5.37. The van der Waals surface area contributed by atoms with Crippen molar-refractivity contribution in [3.63, 3.8) is 0 Å². The Morgan fingerprint density at radius 2 is 1.69 bits per heavy atom. The van der Waals surface area contributed by atoms with E-state index in [1.165, 1.54) is 22.9 Å². The summed E-state index contributed by atoms with van der Waals surface area (Å²) in [6.45, 7) is 6.18. The van der Waals surface area contributed by atoms with Gasteiger partial charge in [0.05, 0.1) is 12.1 Å². The van der Waals surface area contributed by atoms with Crippen molar-refractivity contribution in [3.05, 3.63) is 70.1 Å². The van der Waals surface area contributed by atoms with Gasteiger partial charge in [-0.2, -0.15) is 0 Å². The van der Waals surface area contributed by atoms with E-state index in [-0.39, 0.29) is 24.1 Å². The number of carboxylic acids is 1. The van der Waals surface area contributed by atoms with Crippen LogP contribution in [0, 0.1) is 5.92 Å². The second-order valence-corrected chi connectivity index (χ2v) is 9.22. The van der Waals surface area contributed by atoms with Crippen molar-refractivity contribution >= 4 is 12.1 Å². The lowest BCUT2D eigenvalue weighted by atomic mass is 9.76. The molecule has 0 saturated carbocycles. The highest BCUT2D eigenvalue weighted by atomic mass is 16.6. The summed E-state index contributed by atoms with van der Waals surface area (Å²) in [5.41, 5.74) is -1.78. The number of carboxylic acid groups (broad SMARTS) is 1. The Labute approximate surface area is 187 Å². The Morgan fingerprint density at radius 3 is 2.25 bits per heavy atom. The first-order valence-electron chi connectivity index (χ1n) is 10.7. The largest absolute Gasteiger partial charge is 0.478 e. The van der Waals surface area contributed by atoms with Crippen LogP contribution in [0.15, 0.2) is 53.5 Å². The number of nitrogens with zero attached hydrogens (tertiary/aromatic N) is 2. The number of amides is 1. The van der Waals surface area contributed by atoms with Gasteiger partial charge in [0.15, 0.2) is 0 Å². The van der Waals surface area contributed by atoms with Crippen molar-refractivity contribution in [1.82, 2.24) is 9.47 Å². The van der Waals surface area contributed by atoms with Crippen molar-refractivity contribution < 1.29 is 24.5 Å². The number of aromatic carboxylic acids is 1. The smallest absolute Gasteiger partial charge is 0.410 e. The predicted octanol–water partition coefficient (Wildman–Crippen LogP) is 3.08. The highest BCUT2D eigenvalue weighted by molar-refractivity contribution is 5.87. The lowest BCUT2D eigenvalue weighted by Gasteiger charge is -2.42. The molecule has 1 aromatic carbocycles. The zero-order valence-electron chi connectivity index (χ0n) is 18.7. The molecule has 1 saturated heterocycles. The molecule has 2 aromatic rings. The van der Waals surface area contributed by atoms with Crippen molar-refractivity contribution in [2.24, 2.45) is 5.92 Å². The molecule has 1 amide bonds. The minimum atomic E-state index is -1.41. The van der Waals surface area contributed by atoms with E-state index in [0.29, 0.717) is 31.5 Å². The van der Waals surface area contributed by atoms with Crippen LogP contribution in [0.1, 0.15) is 49.5 Å². The van der Waals surface area contributed by atoms with Gasteiger partial charge in [-0.05, 0) is 51.2 Å². The van der Waals surface area contributed by atoms with Crippen LogP contribution in [-0.4, -0.2) is 50.4 Å². The highest BCUT2D eigenvalue weighted by Gasteiger charge is 2.41. The topological polar surface area (TPSA) is 109 Å². The molecule has 2 heterocycles. The minimum Gasteiger partial charge on any atom is -0.478 e. The maximum Gasteiger partial charge on any atom is 0.410 e. The highest BCUT2D eigenvalue weighted by Crippen LogP contribution is 2.38. The number of pyridine rings is 1. The molecule has 1 aliphatic rings. The summed E-state index contributed by atoms with van der Waals surface area (Å²) < 4.78 is 6.70. The summed E-state index contributed by atoms with van der Waals surface area (Å²) >= 11 is 0. The molecule has 0 unspecified atom stereocenters. The molecule has 172 valence electrons. The zero-order chi connectivity index (χ0) is 23.5. The lowest BCUT2D eigenvalue weighted by molar-refractivity contribution is -0.0645. The van der Waals surface area contributed by atoms with Gasteiger partial charge in [0.25, 0.3) is 5.56 Å². The number of likely N-dealkylation sites (tertiary alicyclic amines) is 1. The first-order valence-corrected chi connectivity index (χ1v) is 10.7. The molecule has 0 aliphatic carbocycles. The molecule has 1 aromatic heterocycles. The number of hydrogen-bond acceptors (Lipinski definition) is 5. The summed E-state index contributed by atoms with van der Waals surface area (Å²) in [5.74, 6) is -1.39. The number of carbonyl (C=O) groups excluding carboxylic acids is 1. The molecule has 0 radical (unpaired) electrons. The second kappa shape index (κ2) is 9.16. The molecule has 8 nitrogen and oxygen atoms in total. The number of carbonyl (C=O) groups is 2. The number of rotatable bonds is 5. The number of aliphatic hydroxyl groups is 1. The first kappa shape index (κ1) is 23.5. The summed E-state index contributed by atoms with van der Waals surface area (Å²) in [7, 11) is 0. The lowest BCUT2D eigenvalue weighted by Crippen LogP contribution is -2.49. The van der Waals surface area contributed by atoms with E-state index in [1.54, 1.807) is 17.0 Å². The van der Waals surface area contributed by atoms with Crippen LogP contribution in [0.25, 0.3) is 0 Å². The number of aromatic nitrogens is 1. The van der Waals surface area contributed by atoms with E-state index in [4.69, 9.17) is 4.74 Å². The molecular weight excluding hydrogens is 412 g/mol. The molecule has 2 N–H and O–H groups in total. The minimum absolute atomic E-state index is 0.0280. The maximum absolute atomic E-state index is 12.4. The van der Waals surface area contributed by atoms with Gasteiger partial charge in [0.1, 0.15) is 11.2 Å². The number of piperidine rings is 1. The van der Waals surface area contributed by atoms with Crippen LogP contribution >= 0.6 is 0 Å². The van der Waals surface area contributed by atoms with Gasteiger partial charge in [-0.3, -0.25) is 4.79 Å². The van der Waals surface area contributed by atoms with E-state index < -0.39 is 22.7 Å². The van der Waals surface area contributed by atoms with Gasteiger partial charge in [-0.25, -0.2) is 9.59 Å². The van der Waals surface area contributed by atoms with Crippen LogP contribution < -0.4 is 5.56 Å². The Balaban J connectivity index is 1.87. The van der Waals surface area contributed by atoms with E-state index in [2.05, 4.69) is 0 Å². The fraction of sp³-hybridized carbons (Fsp3) is 0.458. The average molecular weight is 443 g/mol. The zero-order valence-corrected chi connectivity index (χ0v) is 18.7. The fourth-order valence-corrected chi connectivity index (χ4v) is 4.09. The fourth-order valence-electron chi connectivity index (χ4n) is 4.09. The van der Waals surface area contributed by atoms with Gasteiger partial charge in [0.2, 0.25) is 0 Å². The SMILES string of the molecule is CC(C)(C)OC(=O)N1CCC([C@](O)(Cn2cc(C(=O)O)ccc2=O)c2ccccc2)CC1. The van der Waals surface area contributed by atoms with Crippen molar-refractivity contribution in [3.8, 4) is 0 Å². The van der Waals surface area contributed by atoms with Gasteiger partial charge >= 0.3 is 12.1 Å². The summed E-state index contributed by atoms with van der Waals surface area (Å²) in [6, 6.07) is 11.5. The standard InChI is InChI=1S/C24H30N2O6/c1-23(2,3)32-22(30)25-13-11-19(12-14-25)24(31,18-7-5-4-6-8-18)16-26-15-17(21(28)29)9-10-20(26)27/h4-10,15,19,31H,11-14,16H2,1-3H3,(H,28,29)/t24-/m0/s1. The van der Waals surface area contributed by atoms with Crippen LogP contribution in [0.4, 0.5) is 4.79 Å². The van der Waals surface area contributed by atoms with Crippen LogP contribution in [0.3, 0.4) is 0 Å². The first-order chi connectivity index (χ1) is 15.0. The number of benzene rings is 1. The van der Waals surface area contributed by atoms with Gasteiger partial charge < -0.3 is 24.4 Å². The molecule has 3 rings (SSSR count). The molecule has 8 heteroatoms. The molecule has 0 spiro atoms. The maximum atomic E-state index is 12.4. The summed E-state index contributed by atoms with van der Waals surface area (Å²) in [6.07, 6.45) is 1.90. The number of hydrogen-bond donors (Lipinski definition) is 2. The van der Waals surface area contributed by atoms with Crippen LogP contribution in [-0.2, 0) is 16.9 Å². The molecular formula is C24H30N2O6. The average Bonchev–Trinajstić information content (AvgIpc) is 2.74. The van der Waals surface area contributed by atoms with E-state index >= 15 is 0 Å². The van der Waals surface area contributed by atoms with E-state index in [0.717, 1.165) is 0 Å². The van der Waals surface area contributed by atoms with E-state index in [1.807, 2.05) is 39.0 Å². The molecule has 1 atom stereocenters. The van der Waals surface area contributed by atoms with Crippen LogP contribution in [0.2, 0.25) is 0 Å². The van der Waals surface area contributed by atoms with Crippen LogP contribution in [0.5, 0.6) is 0 Å². The van der Waals surface area contributed by atoms with Gasteiger partial charge in [0, 0.05) is 25.4 Å². The summed E-state index contributed by atoms with van der Waals surface area (Å²) in [4.78, 5) is 37.9. The molecule has 32 heavy (non-hydrogen) atoms. The Kier molecular flexibility index (Phi) is 6.74.